The van der Waals surface area contributed by atoms with E-state index in [1.807, 2.05) is 23.5 Å². The summed E-state index contributed by atoms with van der Waals surface area (Å²) in [5.74, 6) is 0. The first-order chi connectivity index (χ1) is 15.6. The normalized spacial score (nSPS) is 17.6. The van der Waals surface area contributed by atoms with E-state index in [2.05, 4.69) is 44.6 Å². The molecule has 0 atom stereocenters. The largest absolute Gasteiger partial charge is 0.410 e. The Labute approximate surface area is 213 Å². The molecule has 1 saturated heterocycles. The van der Waals surface area contributed by atoms with E-state index in [4.69, 9.17) is 0 Å². The van der Waals surface area contributed by atoms with Gasteiger partial charge in [0.1, 0.15) is 0 Å². The average Bonchev–Trinajstić information content (AvgIpc) is 2.80. The van der Waals surface area contributed by atoms with E-state index in [1.54, 1.807) is 0 Å². The second-order valence-corrected chi connectivity index (χ2v) is 15.0. The molecule has 0 radical (unpaired) electrons. The minimum Gasteiger partial charge on any atom is -0.410 e. The fourth-order valence-electron chi connectivity index (χ4n) is 4.70. The molecule has 0 amide bonds. The molecule has 0 aliphatic carbocycles. The molecular formula is C27H53NOS3. The molecule has 2 nitrogen and oxygen atoms in total. The van der Waals surface area contributed by atoms with Crippen molar-refractivity contribution in [3.63, 3.8) is 0 Å². The highest BCUT2D eigenvalue weighted by molar-refractivity contribution is 8.50. The van der Waals surface area contributed by atoms with Crippen LogP contribution in [0.1, 0.15) is 156 Å². The molecule has 0 aromatic rings. The molecule has 1 aliphatic rings. The Morgan fingerprint density at radius 2 is 0.844 bits per heavy atom. The van der Waals surface area contributed by atoms with Gasteiger partial charge in [0, 0.05) is 0 Å². The van der Waals surface area contributed by atoms with Crippen molar-refractivity contribution in [3.05, 3.63) is 0 Å². The number of hydrogen-bond donors (Lipinski definition) is 1. The van der Waals surface area contributed by atoms with E-state index in [9.17, 15) is 5.21 Å². The van der Waals surface area contributed by atoms with E-state index < -0.39 is 0 Å². The van der Waals surface area contributed by atoms with Crippen molar-refractivity contribution in [2.75, 3.05) is 0 Å². The van der Waals surface area contributed by atoms with E-state index >= 15 is 0 Å². The molecule has 190 valence electrons. The fraction of sp³-hybridized carbons (Fsp3) is 0.963. The lowest BCUT2D eigenvalue weighted by Crippen LogP contribution is -2.37. The van der Waals surface area contributed by atoms with Crippen LogP contribution in [0.5, 0.6) is 0 Å². The molecule has 5 heteroatoms. The van der Waals surface area contributed by atoms with Gasteiger partial charge in [-0.25, -0.2) is 0 Å². The predicted octanol–water partition coefficient (Wildman–Crippen LogP) is 11.2. The standard InChI is InChI=1S/C27H53NOS3/c1-5-9-13-17-21-26(22-18-14-10-6-2)30-25(28-29)31-27(32-26,23-19-15-11-7-3)24-20-16-12-8-4/h29H,5-24H2,1-4H3. The van der Waals surface area contributed by atoms with Gasteiger partial charge in [-0.2, -0.15) is 0 Å². The second-order valence-electron chi connectivity index (χ2n) is 9.74. The first-order valence-corrected chi connectivity index (χ1v) is 16.3. The summed E-state index contributed by atoms with van der Waals surface area (Å²) < 4.78 is 1.34. The van der Waals surface area contributed by atoms with Crippen molar-refractivity contribution in [2.45, 2.75) is 164 Å². The number of thioether (sulfide) groups is 3. The molecule has 1 heterocycles. The summed E-state index contributed by atoms with van der Waals surface area (Å²) in [5.41, 5.74) is 0. The zero-order valence-corrected chi connectivity index (χ0v) is 24.2. The SMILES string of the molecule is CCCCCCC1(CCCCCC)SC(=NO)SC(CCCCCC)(CCCCCC)S1. The van der Waals surface area contributed by atoms with Crippen molar-refractivity contribution >= 4 is 39.7 Å². The van der Waals surface area contributed by atoms with Crippen LogP contribution < -0.4 is 0 Å². The third-order valence-electron chi connectivity index (χ3n) is 6.65. The summed E-state index contributed by atoms with van der Waals surface area (Å²) >= 11 is 6.13. The van der Waals surface area contributed by atoms with Crippen LogP contribution in [0, 0.1) is 0 Å². The van der Waals surface area contributed by atoms with Crippen molar-refractivity contribution in [2.24, 2.45) is 5.16 Å². The lowest BCUT2D eigenvalue weighted by molar-refractivity contribution is 0.322. The van der Waals surface area contributed by atoms with Gasteiger partial charge < -0.3 is 5.21 Å². The van der Waals surface area contributed by atoms with Gasteiger partial charge in [0.05, 0.1) is 8.16 Å². The predicted molar refractivity (Wildman–Crippen MR) is 152 cm³/mol. The molecule has 0 unspecified atom stereocenters. The molecule has 1 aliphatic heterocycles. The van der Waals surface area contributed by atoms with Gasteiger partial charge in [0.25, 0.3) is 0 Å². The highest BCUT2D eigenvalue weighted by Gasteiger charge is 2.48. The Balaban J connectivity index is 3.03. The van der Waals surface area contributed by atoms with E-state index in [1.165, 1.54) is 128 Å². The van der Waals surface area contributed by atoms with Crippen LogP contribution in [-0.2, 0) is 0 Å². The Kier molecular flexibility index (Phi) is 17.9. The number of hydrogen-bond acceptors (Lipinski definition) is 5. The highest BCUT2D eigenvalue weighted by atomic mass is 32.3. The van der Waals surface area contributed by atoms with E-state index in [0.717, 1.165) is 4.38 Å². The van der Waals surface area contributed by atoms with Crippen LogP contribution >= 0.6 is 35.3 Å². The van der Waals surface area contributed by atoms with Gasteiger partial charge in [-0.1, -0.05) is 159 Å². The van der Waals surface area contributed by atoms with Crippen LogP contribution in [0.2, 0.25) is 0 Å². The van der Waals surface area contributed by atoms with Gasteiger partial charge >= 0.3 is 0 Å². The van der Waals surface area contributed by atoms with Gasteiger partial charge in [0.15, 0.2) is 4.38 Å². The Morgan fingerprint density at radius 1 is 0.531 bits per heavy atom. The molecule has 1 fully saturated rings. The first kappa shape index (κ1) is 30.6. The van der Waals surface area contributed by atoms with Crippen LogP contribution in [0.15, 0.2) is 5.16 Å². The van der Waals surface area contributed by atoms with Crippen LogP contribution in [0.25, 0.3) is 0 Å². The van der Waals surface area contributed by atoms with E-state index in [-0.39, 0.29) is 8.16 Å². The molecule has 0 spiro atoms. The Morgan fingerprint density at radius 3 is 1.09 bits per heavy atom. The minimum atomic E-state index is 0.198. The quantitative estimate of drug-likeness (QED) is 0.102. The molecule has 0 aromatic heterocycles. The molecule has 0 saturated carbocycles. The molecule has 0 bridgehead atoms. The fourth-order valence-corrected chi connectivity index (χ4v) is 11.4. The van der Waals surface area contributed by atoms with Gasteiger partial charge in [-0.05, 0) is 25.7 Å². The number of nitrogens with zero attached hydrogens (tertiary/aromatic N) is 1. The monoisotopic (exact) mass is 503 g/mol. The lowest BCUT2D eigenvalue weighted by Gasteiger charge is -2.47. The zero-order chi connectivity index (χ0) is 23.5. The smallest absolute Gasteiger partial charge is 0.171 e. The maximum Gasteiger partial charge on any atom is 0.171 e. The topological polar surface area (TPSA) is 32.6 Å². The first-order valence-electron chi connectivity index (χ1n) is 13.9. The summed E-state index contributed by atoms with van der Waals surface area (Å²) in [4.78, 5) is 0. The van der Waals surface area contributed by atoms with Crippen LogP contribution in [0.4, 0.5) is 0 Å². The third kappa shape index (κ3) is 12.3. The summed E-state index contributed by atoms with van der Waals surface area (Å²) in [7, 11) is 0. The van der Waals surface area contributed by atoms with Crippen LogP contribution in [0.3, 0.4) is 0 Å². The Bertz CT molecular complexity index is 422. The zero-order valence-electron chi connectivity index (χ0n) is 21.8. The van der Waals surface area contributed by atoms with Crippen molar-refractivity contribution in [1.29, 1.82) is 0 Å². The molecule has 1 N–H and O–H groups in total. The summed E-state index contributed by atoms with van der Waals surface area (Å²) in [6.45, 7) is 9.20. The van der Waals surface area contributed by atoms with Gasteiger partial charge in [-0.3, -0.25) is 0 Å². The maximum atomic E-state index is 9.93. The van der Waals surface area contributed by atoms with Crippen molar-refractivity contribution in [3.8, 4) is 0 Å². The summed E-state index contributed by atoms with van der Waals surface area (Å²) in [6.07, 6.45) is 26.2. The van der Waals surface area contributed by atoms with Gasteiger partial charge in [-0.15, -0.1) is 11.8 Å². The van der Waals surface area contributed by atoms with Gasteiger partial charge in [0.2, 0.25) is 0 Å². The average molecular weight is 504 g/mol. The summed E-state index contributed by atoms with van der Waals surface area (Å²) in [6, 6.07) is 0. The number of oxime groups is 1. The van der Waals surface area contributed by atoms with Crippen molar-refractivity contribution in [1.82, 2.24) is 0 Å². The summed E-state index contributed by atoms with van der Waals surface area (Å²) in [5, 5.41) is 13.8. The second kappa shape index (κ2) is 18.8. The molecule has 32 heavy (non-hydrogen) atoms. The highest BCUT2D eigenvalue weighted by Crippen LogP contribution is 2.64. The molecule has 0 aromatic carbocycles. The maximum absolute atomic E-state index is 9.93. The molecule has 1 rings (SSSR count). The van der Waals surface area contributed by atoms with Crippen LogP contribution in [-0.4, -0.2) is 17.7 Å². The minimum absolute atomic E-state index is 0.198. The van der Waals surface area contributed by atoms with E-state index in [0.29, 0.717) is 0 Å². The number of rotatable bonds is 20. The lowest BCUT2D eigenvalue weighted by atomic mass is 10.0. The molecular weight excluding hydrogens is 451 g/mol. The van der Waals surface area contributed by atoms with Crippen molar-refractivity contribution < 1.29 is 5.21 Å². The third-order valence-corrected chi connectivity index (χ3v) is 11.8. The Hall–Kier alpha value is 0.520. The number of unbranched alkanes of at least 4 members (excludes halogenated alkanes) is 12.